The molecule has 3 aromatic carbocycles. The van der Waals surface area contributed by atoms with E-state index >= 15 is 0 Å². The number of benzene rings is 3. The third kappa shape index (κ3) is 27.4. The molecule has 1 N–H and O–H groups in total. The number of carbonyl (C=O) groups excluding carboxylic acids is 1. The Hall–Kier alpha value is -1.86. The molecule has 67 heavy (non-hydrogen) atoms. The third-order valence-electron chi connectivity index (χ3n) is 8.00. The van der Waals surface area contributed by atoms with Crippen molar-refractivity contribution in [3.8, 4) is 17.2 Å². The summed E-state index contributed by atoms with van der Waals surface area (Å²) in [5, 5.41) is 12.1. The Morgan fingerprint density at radius 1 is 0.672 bits per heavy atom. The molecule has 1 unspecified atom stereocenters. The molecule has 0 radical (unpaired) electrons. The van der Waals surface area contributed by atoms with Crippen LogP contribution in [0.3, 0.4) is 0 Å². The van der Waals surface area contributed by atoms with Gasteiger partial charge in [0.15, 0.2) is 6.29 Å². The summed E-state index contributed by atoms with van der Waals surface area (Å²) in [4.78, 5) is 22.3. The first-order valence-corrected chi connectivity index (χ1v) is 24.8. The smallest absolute Gasteiger partial charge is 1.00 e. The molecule has 4 heterocycles. The van der Waals surface area contributed by atoms with Gasteiger partial charge in [-0.3, -0.25) is 19.7 Å². The number of nitrogens with zero attached hydrogens (tertiary/aromatic N) is 3. The number of ether oxygens (including phenoxy) is 4. The van der Waals surface area contributed by atoms with Crippen LogP contribution in [0.5, 0.6) is 17.2 Å². The van der Waals surface area contributed by atoms with Crippen molar-refractivity contribution < 1.29 is 45.8 Å². The maximum atomic E-state index is 10.3. The fraction of sp³-hybridized carbons (Fsp3) is 0.286. The number of pyridine rings is 3. The van der Waals surface area contributed by atoms with Crippen LogP contribution in [0, 0.1) is 6.42 Å². The van der Waals surface area contributed by atoms with Crippen LogP contribution in [0.4, 0.5) is 0 Å². The van der Waals surface area contributed by atoms with Gasteiger partial charge in [0.25, 0.3) is 0 Å². The predicted octanol–water partition coefficient (Wildman–Crippen LogP) is 12.3. The fourth-order valence-electron chi connectivity index (χ4n) is 5.03. The molecule has 1 saturated heterocycles. The van der Waals surface area contributed by atoms with Gasteiger partial charge >= 0.3 is 23.1 Å². The summed E-state index contributed by atoms with van der Waals surface area (Å²) >= 11 is 31.4. The summed E-state index contributed by atoms with van der Waals surface area (Å²) in [6, 6.07) is 27.5. The standard InChI is InChI=1S/C14H13BrClNO2.C14H13BrClNO.C8H8BrClO.C6H4BrNO.C4H8O.C3H7.BrH.Mg/c1-2-19-10-4-5-11(12(16)7-10)14(18)13-6-3-9(15)8-17-13;1-2-18-13-6-3-10(14(16)8-13)7-12-5-4-11(15)9-17-12;1-2-11-6-3-4-7(9)8(10)5-6;7-5-1-2-6(4-9)8-3-5;1-2-4-5-3-1;1-3-2;;/h3-8,14,18H,2H2,1H3;3-6,8-9H,2,7H2,1H3;3-5H,2H2,1H3;1-4H;1-4H2;3H,1-2H3;1H;/q;;;;;-1;;+2/p-1. The maximum absolute atomic E-state index is 10.3. The topological polar surface area (TPSA) is 113 Å². The number of aldehydes is 1. The van der Waals surface area contributed by atoms with E-state index in [2.05, 4.69) is 78.7 Å². The molecular formula is C49H53Br5Cl3MgN3O6. The van der Waals surface area contributed by atoms with Gasteiger partial charge < -0.3 is 47.5 Å². The van der Waals surface area contributed by atoms with Crippen molar-refractivity contribution in [2.45, 2.75) is 60.0 Å². The van der Waals surface area contributed by atoms with Gasteiger partial charge in [-0.05, 0) is 182 Å². The van der Waals surface area contributed by atoms with Crippen LogP contribution in [-0.4, -0.2) is 82.4 Å². The Bertz CT molecular complexity index is 2240. The molecule has 0 aliphatic carbocycles. The van der Waals surface area contributed by atoms with Crippen LogP contribution in [0.1, 0.15) is 86.6 Å². The molecule has 7 rings (SSSR count). The molecule has 0 saturated carbocycles. The third-order valence-corrected chi connectivity index (χ3v) is 11.3. The van der Waals surface area contributed by atoms with Crippen LogP contribution >= 0.6 is 98.5 Å². The normalized spacial score (nSPS) is 11.1. The zero-order valence-electron chi connectivity index (χ0n) is 37.8. The van der Waals surface area contributed by atoms with E-state index in [4.69, 9.17) is 53.8 Å². The summed E-state index contributed by atoms with van der Waals surface area (Å²) in [5.74, 6) is 2.29. The monoisotopic (exact) mass is 1300 g/mol. The van der Waals surface area contributed by atoms with Crippen LogP contribution in [-0.2, 0) is 11.2 Å². The van der Waals surface area contributed by atoms with Crippen LogP contribution in [0.25, 0.3) is 0 Å². The van der Waals surface area contributed by atoms with Gasteiger partial charge in [-0.25, -0.2) is 0 Å². The molecule has 6 aromatic rings. The van der Waals surface area contributed by atoms with Gasteiger partial charge in [-0.1, -0.05) is 46.9 Å². The zero-order valence-corrected chi connectivity index (χ0v) is 49.5. The SMILES string of the molecule is C1CCOC1.CCOc1ccc(Br)c(Cl)c1.CCOc1ccc(C(O)c2ccc(Br)cn2)c(Cl)c1.CCOc1ccc(Cc2ccc(Br)cn2)c(Cl)c1.C[CH-]C.O=Cc1ccc(Br)cn1.[Br-].[Mg+2]. The summed E-state index contributed by atoms with van der Waals surface area (Å²) < 4.78 is 24.5. The Kier molecular flexibility index (Phi) is 37.8. The van der Waals surface area contributed by atoms with E-state index in [0.717, 1.165) is 60.3 Å². The van der Waals surface area contributed by atoms with Gasteiger partial charge in [0, 0.05) is 72.4 Å². The summed E-state index contributed by atoms with van der Waals surface area (Å²) in [5.41, 5.74) is 3.66. The molecule has 1 aliphatic heterocycles. The fourth-order valence-corrected chi connectivity index (χ4v) is 6.66. The molecule has 358 valence electrons. The van der Waals surface area contributed by atoms with Crippen molar-refractivity contribution in [2.24, 2.45) is 0 Å². The first-order chi connectivity index (χ1) is 31.3. The van der Waals surface area contributed by atoms with Crippen molar-refractivity contribution in [3.63, 3.8) is 0 Å². The van der Waals surface area contributed by atoms with Crippen LogP contribution in [0.2, 0.25) is 15.1 Å². The number of rotatable bonds is 11. The van der Waals surface area contributed by atoms with Crippen molar-refractivity contribution in [3.05, 3.63) is 177 Å². The molecule has 0 spiro atoms. The van der Waals surface area contributed by atoms with E-state index in [1.54, 1.807) is 61.1 Å². The van der Waals surface area contributed by atoms with E-state index in [1.165, 1.54) is 12.8 Å². The van der Waals surface area contributed by atoms with E-state index in [-0.39, 0.29) is 40.0 Å². The van der Waals surface area contributed by atoms with Gasteiger partial charge in [0.2, 0.25) is 0 Å². The second kappa shape index (κ2) is 38.8. The van der Waals surface area contributed by atoms with E-state index < -0.39 is 6.10 Å². The zero-order chi connectivity index (χ0) is 48.0. The molecular weight excluding hydrogens is 1260 g/mol. The molecule has 0 amide bonds. The van der Waals surface area contributed by atoms with Gasteiger partial charge in [0.05, 0.1) is 35.6 Å². The number of aliphatic hydroxyl groups excluding tert-OH is 1. The first kappa shape index (κ1) is 65.1. The van der Waals surface area contributed by atoms with Crippen molar-refractivity contribution in [1.29, 1.82) is 0 Å². The molecule has 0 bridgehead atoms. The second-order valence-corrected chi connectivity index (χ2v) is 18.0. The Morgan fingerprint density at radius 3 is 1.55 bits per heavy atom. The van der Waals surface area contributed by atoms with Crippen molar-refractivity contribution in [1.82, 2.24) is 15.0 Å². The second-order valence-electron chi connectivity index (χ2n) is 13.2. The van der Waals surface area contributed by atoms with Gasteiger partial charge in [-0.2, -0.15) is 13.8 Å². The number of aliphatic hydroxyl groups is 1. The predicted molar refractivity (Wildman–Crippen MR) is 285 cm³/mol. The Labute approximate surface area is 471 Å². The molecule has 9 nitrogen and oxygen atoms in total. The number of carbonyl (C=O) groups is 1. The maximum Gasteiger partial charge on any atom is 2.00 e. The Morgan fingerprint density at radius 2 is 1.15 bits per heavy atom. The van der Waals surface area contributed by atoms with Crippen molar-refractivity contribution >= 4 is 128 Å². The minimum absolute atomic E-state index is 0. The van der Waals surface area contributed by atoms with Crippen LogP contribution in [0.15, 0.2) is 127 Å². The van der Waals surface area contributed by atoms with E-state index in [0.29, 0.717) is 63.9 Å². The average Bonchev–Trinajstić information content (AvgIpc) is 3.90. The summed E-state index contributed by atoms with van der Waals surface area (Å²) in [6.07, 6.45) is 10.2. The first-order valence-electron chi connectivity index (χ1n) is 20.5. The quantitative estimate of drug-likeness (QED) is 0.0770. The van der Waals surface area contributed by atoms with Crippen molar-refractivity contribution in [2.75, 3.05) is 33.0 Å². The summed E-state index contributed by atoms with van der Waals surface area (Å²) in [6.45, 7) is 13.7. The molecule has 18 heteroatoms. The molecule has 3 aromatic heterocycles. The van der Waals surface area contributed by atoms with Crippen LogP contribution < -0.4 is 31.2 Å². The average molecular weight is 1310 g/mol. The number of hydrogen-bond acceptors (Lipinski definition) is 9. The Balaban J connectivity index is 0.000000837. The number of aromatic nitrogens is 3. The van der Waals surface area contributed by atoms with Gasteiger partial charge in [-0.15, -0.1) is 0 Å². The minimum Gasteiger partial charge on any atom is -1.00 e. The molecule has 1 atom stereocenters. The minimum atomic E-state index is -0.851. The largest absolute Gasteiger partial charge is 2.00 e. The number of halogens is 8. The summed E-state index contributed by atoms with van der Waals surface area (Å²) in [7, 11) is 0. The number of hydrogen-bond donors (Lipinski definition) is 1. The van der Waals surface area contributed by atoms with Gasteiger partial charge in [0.1, 0.15) is 29.0 Å². The van der Waals surface area contributed by atoms with E-state index in [1.807, 2.05) is 89.6 Å². The molecule has 1 aliphatic rings. The molecule has 1 fully saturated rings. The van der Waals surface area contributed by atoms with E-state index in [9.17, 15) is 9.90 Å².